The Hall–Kier alpha value is -0.650. The number of hydrogen-bond donors (Lipinski definition) is 1. The van der Waals surface area contributed by atoms with Gasteiger partial charge in [0.1, 0.15) is 5.54 Å². The fourth-order valence-corrected chi connectivity index (χ4v) is 2.81. The van der Waals surface area contributed by atoms with Gasteiger partial charge in [-0.1, -0.05) is 0 Å². The highest BCUT2D eigenvalue weighted by molar-refractivity contribution is 5.80. The Kier molecular flexibility index (Phi) is 4.59. The number of esters is 1. The van der Waals surface area contributed by atoms with Gasteiger partial charge >= 0.3 is 5.97 Å². The number of carbonyl (C=O) groups is 1. The minimum Gasteiger partial charge on any atom is -0.468 e. The van der Waals surface area contributed by atoms with Crippen molar-refractivity contribution < 1.29 is 19.0 Å². The maximum atomic E-state index is 11.7. The van der Waals surface area contributed by atoms with Crippen LogP contribution in [0.5, 0.6) is 0 Å². The van der Waals surface area contributed by atoms with Crippen molar-refractivity contribution in [2.24, 2.45) is 5.73 Å². The van der Waals surface area contributed by atoms with Crippen LogP contribution in [-0.2, 0) is 19.0 Å². The number of hydrogen-bond acceptors (Lipinski definition) is 5. The molecule has 18 heavy (non-hydrogen) atoms. The monoisotopic (exact) mass is 257 g/mol. The van der Waals surface area contributed by atoms with Crippen LogP contribution in [0.4, 0.5) is 0 Å². The van der Waals surface area contributed by atoms with Crippen LogP contribution in [0.3, 0.4) is 0 Å². The van der Waals surface area contributed by atoms with Gasteiger partial charge in [0.05, 0.1) is 25.9 Å². The zero-order valence-electron chi connectivity index (χ0n) is 11.0. The van der Waals surface area contributed by atoms with Crippen LogP contribution >= 0.6 is 0 Å². The molecule has 0 radical (unpaired) electrons. The third-order valence-corrected chi connectivity index (χ3v) is 3.87. The Balaban J connectivity index is 1.80. The first-order chi connectivity index (χ1) is 8.64. The number of rotatable bonds is 4. The molecule has 2 N–H and O–H groups in total. The molecule has 5 nitrogen and oxygen atoms in total. The number of ether oxygens (including phenoxy) is 3. The van der Waals surface area contributed by atoms with Crippen molar-refractivity contribution in [1.82, 2.24) is 0 Å². The first-order valence-electron chi connectivity index (χ1n) is 6.74. The molecule has 5 heteroatoms. The molecule has 1 heterocycles. The first kappa shape index (κ1) is 13.8. The lowest BCUT2D eigenvalue weighted by molar-refractivity contribution is -0.151. The summed E-state index contributed by atoms with van der Waals surface area (Å²) in [6.45, 7) is 1.45. The molecule has 3 unspecified atom stereocenters. The molecule has 1 saturated heterocycles. The second-order valence-corrected chi connectivity index (χ2v) is 5.33. The lowest BCUT2D eigenvalue weighted by Crippen LogP contribution is -2.53. The van der Waals surface area contributed by atoms with Crippen LogP contribution in [0, 0.1) is 0 Å². The molecule has 0 bridgehead atoms. The van der Waals surface area contributed by atoms with E-state index in [1.54, 1.807) is 0 Å². The summed E-state index contributed by atoms with van der Waals surface area (Å²) in [5.74, 6) is -0.326. The van der Waals surface area contributed by atoms with Crippen LogP contribution < -0.4 is 5.73 Å². The van der Waals surface area contributed by atoms with Crippen LogP contribution in [0.25, 0.3) is 0 Å². The van der Waals surface area contributed by atoms with Crippen molar-refractivity contribution in [1.29, 1.82) is 0 Å². The van der Waals surface area contributed by atoms with E-state index in [1.807, 2.05) is 0 Å². The van der Waals surface area contributed by atoms with Crippen molar-refractivity contribution in [2.75, 3.05) is 20.3 Å². The van der Waals surface area contributed by atoms with Gasteiger partial charge in [-0.25, -0.2) is 0 Å². The first-order valence-corrected chi connectivity index (χ1v) is 6.74. The van der Waals surface area contributed by atoms with E-state index in [4.69, 9.17) is 19.9 Å². The van der Waals surface area contributed by atoms with Gasteiger partial charge in [0.15, 0.2) is 0 Å². The van der Waals surface area contributed by atoms with E-state index in [0.717, 1.165) is 32.3 Å². The van der Waals surface area contributed by atoms with Crippen LogP contribution in [0.1, 0.15) is 38.5 Å². The van der Waals surface area contributed by atoms with E-state index in [9.17, 15) is 4.79 Å². The average molecular weight is 257 g/mol. The predicted molar refractivity (Wildman–Crippen MR) is 66.1 cm³/mol. The van der Waals surface area contributed by atoms with Crippen molar-refractivity contribution in [3.63, 3.8) is 0 Å². The summed E-state index contributed by atoms with van der Waals surface area (Å²) in [5.41, 5.74) is 5.23. The highest BCUT2D eigenvalue weighted by Crippen LogP contribution is 2.29. The van der Waals surface area contributed by atoms with Crippen LogP contribution in [0.2, 0.25) is 0 Å². The highest BCUT2D eigenvalue weighted by atomic mass is 16.5. The van der Waals surface area contributed by atoms with Crippen molar-refractivity contribution in [3.8, 4) is 0 Å². The Bertz CT molecular complexity index is 291. The van der Waals surface area contributed by atoms with Crippen LogP contribution in [0.15, 0.2) is 0 Å². The molecule has 1 aliphatic heterocycles. The molecule has 2 fully saturated rings. The van der Waals surface area contributed by atoms with Gasteiger partial charge in [-0.2, -0.15) is 0 Å². The van der Waals surface area contributed by atoms with Crippen LogP contribution in [-0.4, -0.2) is 44.0 Å². The van der Waals surface area contributed by atoms with Crippen molar-refractivity contribution in [3.05, 3.63) is 0 Å². The third kappa shape index (κ3) is 3.22. The fourth-order valence-electron chi connectivity index (χ4n) is 2.81. The van der Waals surface area contributed by atoms with Gasteiger partial charge < -0.3 is 19.9 Å². The molecule has 0 aromatic rings. The molecule has 0 amide bonds. The van der Waals surface area contributed by atoms with Gasteiger partial charge in [0.25, 0.3) is 0 Å². The zero-order chi connectivity index (χ0) is 13.0. The Morgan fingerprint density at radius 3 is 2.94 bits per heavy atom. The minimum atomic E-state index is -0.867. The second-order valence-electron chi connectivity index (χ2n) is 5.33. The lowest BCUT2D eigenvalue weighted by Gasteiger charge is -2.35. The van der Waals surface area contributed by atoms with Crippen molar-refractivity contribution >= 4 is 5.97 Å². The summed E-state index contributed by atoms with van der Waals surface area (Å²) < 4.78 is 16.1. The molecular weight excluding hydrogens is 234 g/mol. The molecule has 1 aliphatic carbocycles. The molecule has 0 spiro atoms. The van der Waals surface area contributed by atoms with Gasteiger partial charge in [0, 0.05) is 13.0 Å². The van der Waals surface area contributed by atoms with Crippen molar-refractivity contribution in [2.45, 2.75) is 56.3 Å². The topological polar surface area (TPSA) is 70.8 Å². The quantitative estimate of drug-likeness (QED) is 0.761. The molecule has 104 valence electrons. The van der Waals surface area contributed by atoms with E-state index in [-0.39, 0.29) is 18.2 Å². The molecule has 0 aromatic carbocycles. The molecule has 1 saturated carbocycles. The Labute approximate surface area is 108 Å². The molecule has 2 aliphatic rings. The SMILES string of the molecule is COC(=O)C1(N)CCCC(OCC2CCCO2)C1. The summed E-state index contributed by atoms with van der Waals surface area (Å²) >= 11 is 0. The smallest absolute Gasteiger partial charge is 0.325 e. The Morgan fingerprint density at radius 1 is 1.44 bits per heavy atom. The van der Waals surface area contributed by atoms with E-state index in [2.05, 4.69) is 0 Å². The molecule has 0 aromatic heterocycles. The highest BCUT2D eigenvalue weighted by Gasteiger charge is 2.40. The summed E-state index contributed by atoms with van der Waals surface area (Å²) in [6, 6.07) is 0. The summed E-state index contributed by atoms with van der Waals surface area (Å²) in [6.07, 6.45) is 5.54. The van der Waals surface area contributed by atoms with E-state index in [0.29, 0.717) is 19.4 Å². The molecule has 2 rings (SSSR count). The molecule has 3 atom stereocenters. The van der Waals surface area contributed by atoms with Gasteiger partial charge in [-0.15, -0.1) is 0 Å². The fraction of sp³-hybridized carbons (Fsp3) is 0.923. The van der Waals surface area contributed by atoms with E-state index >= 15 is 0 Å². The zero-order valence-corrected chi connectivity index (χ0v) is 11.0. The number of methoxy groups -OCH3 is 1. The van der Waals surface area contributed by atoms with Gasteiger partial charge in [-0.05, 0) is 32.1 Å². The standard InChI is InChI=1S/C13H23NO4/c1-16-12(15)13(14)6-2-4-10(8-13)18-9-11-5-3-7-17-11/h10-11H,2-9,14H2,1H3. The number of nitrogens with two attached hydrogens (primary N) is 1. The van der Waals surface area contributed by atoms with E-state index < -0.39 is 5.54 Å². The summed E-state index contributed by atoms with van der Waals surface area (Å²) in [4.78, 5) is 11.7. The van der Waals surface area contributed by atoms with Gasteiger partial charge in [-0.3, -0.25) is 4.79 Å². The second kappa shape index (κ2) is 5.99. The lowest BCUT2D eigenvalue weighted by atomic mass is 9.81. The largest absolute Gasteiger partial charge is 0.468 e. The van der Waals surface area contributed by atoms with E-state index in [1.165, 1.54) is 7.11 Å². The summed E-state index contributed by atoms with van der Waals surface area (Å²) in [5, 5.41) is 0. The Morgan fingerprint density at radius 2 is 2.28 bits per heavy atom. The minimum absolute atomic E-state index is 0.0482. The molecular formula is C13H23NO4. The predicted octanol–water partition coefficient (Wildman–Crippen LogP) is 0.995. The van der Waals surface area contributed by atoms with Gasteiger partial charge in [0.2, 0.25) is 0 Å². The maximum Gasteiger partial charge on any atom is 0.325 e. The third-order valence-electron chi connectivity index (χ3n) is 3.87. The summed E-state index contributed by atoms with van der Waals surface area (Å²) in [7, 11) is 1.38. The number of carbonyl (C=O) groups excluding carboxylic acids is 1. The average Bonchev–Trinajstić information content (AvgIpc) is 2.88. The normalized spacial score (nSPS) is 36.6. The maximum absolute atomic E-state index is 11.7.